The number of nitrogens with zero attached hydrogens (tertiary/aromatic N) is 5. The molecule has 204 valence electrons. The maximum Gasteiger partial charge on any atom is 0.252 e. The molecule has 4 rings (SSSR count). The van der Waals surface area contributed by atoms with E-state index in [1.165, 1.54) is 29.2 Å². The first kappa shape index (κ1) is 29.4. The van der Waals surface area contributed by atoms with Crippen molar-refractivity contribution in [2.75, 3.05) is 11.1 Å². The summed E-state index contributed by atoms with van der Waals surface area (Å²) in [6.45, 7) is 3.51. The number of carbonyl (C=O) groups excluding carboxylic acids is 2. The van der Waals surface area contributed by atoms with Crippen LogP contribution in [0.25, 0.3) is 5.69 Å². The summed E-state index contributed by atoms with van der Waals surface area (Å²) in [4.78, 5) is 25.1. The molecule has 10 nitrogen and oxygen atoms in total. The lowest BCUT2D eigenvalue weighted by Gasteiger charge is -2.19. The molecule has 0 aliphatic heterocycles. The SMILES string of the molecule is CC(C)(C#Cc1ccc(NC(=O)CSc2nnnn2-c2cc(Br)ccc2Cl)c(Cl)c1)NC(=O)c1cc[n+]([O-])cc1. The third-order valence-corrected chi connectivity index (χ3v) is 7.21. The molecule has 0 fully saturated rings. The molecule has 4 aromatic rings. The average Bonchev–Trinajstić information content (AvgIpc) is 3.37. The molecule has 0 bridgehead atoms. The molecule has 14 heteroatoms. The average molecular weight is 661 g/mol. The Kier molecular flexibility index (Phi) is 9.32. The Balaban J connectivity index is 1.36. The van der Waals surface area contributed by atoms with E-state index in [9.17, 15) is 14.8 Å². The zero-order valence-corrected chi connectivity index (χ0v) is 24.9. The van der Waals surface area contributed by atoms with Gasteiger partial charge in [0, 0.05) is 22.2 Å². The van der Waals surface area contributed by atoms with Crippen molar-refractivity contribution in [1.82, 2.24) is 25.5 Å². The van der Waals surface area contributed by atoms with Gasteiger partial charge in [0.25, 0.3) is 5.91 Å². The van der Waals surface area contributed by atoms with E-state index in [2.05, 4.69) is 53.9 Å². The number of aromatic nitrogens is 5. The predicted octanol–water partition coefficient (Wildman–Crippen LogP) is 4.66. The molecule has 40 heavy (non-hydrogen) atoms. The predicted molar refractivity (Wildman–Crippen MR) is 156 cm³/mol. The summed E-state index contributed by atoms with van der Waals surface area (Å²) in [5, 5.41) is 29.6. The lowest BCUT2D eigenvalue weighted by Crippen LogP contribution is -2.42. The molecule has 2 heterocycles. The van der Waals surface area contributed by atoms with Crippen molar-refractivity contribution in [1.29, 1.82) is 0 Å². The van der Waals surface area contributed by atoms with Crippen LogP contribution in [0.2, 0.25) is 10.0 Å². The molecule has 0 saturated carbocycles. The largest absolute Gasteiger partial charge is 0.619 e. The highest BCUT2D eigenvalue weighted by Gasteiger charge is 2.19. The zero-order valence-electron chi connectivity index (χ0n) is 21.0. The fraction of sp³-hybridized carbons (Fsp3) is 0.154. The maximum atomic E-state index is 12.6. The number of halogens is 3. The van der Waals surface area contributed by atoms with Crippen LogP contribution in [0.4, 0.5) is 5.69 Å². The molecule has 0 spiro atoms. The van der Waals surface area contributed by atoms with Crippen LogP contribution < -0.4 is 15.4 Å². The van der Waals surface area contributed by atoms with Gasteiger partial charge in [-0.3, -0.25) is 9.59 Å². The number of pyridine rings is 1. The second-order valence-electron chi connectivity index (χ2n) is 8.78. The monoisotopic (exact) mass is 659 g/mol. The van der Waals surface area contributed by atoms with Crippen LogP contribution >= 0.6 is 50.9 Å². The minimum absolute atomic E-state index is 0.0218. The van der Waals surface area contributed by atoms with Crippen molar-refractivity contribution >= 4 is 68.4 Å². The number of hydrogen-bond donors (Lipinski definition) is 2. The summed E-state index contributed by atoms with van der Waals surface area (Å²) >= 11 is 17.2. The maximum absolute atomic E-state index is 12.6. The molecule has 0 radical (unpaired) electrons. The number of amides is 2. The quantitative estimate of drug-likeness (QED) is 0.128. The van der Waals surface area contributed by atoms with Gasteiger partial charge in [0.15, 0.2) is 12.4 Å². The second-order valence-corrected chi connectivity index (χ2v) is 11.4. The number of anilines is 1. The standard InChI is InChI=1S/C26H20BrCl2N7O3S/c1-26(2,31-24(38)17-8-11-35(39)12-9-17)10-7-16-3-6-21(20(29)13-16)30-23(37)15-40-25-32-33-34-36(25)22-14-18(27)4-5-19(22)28/h3-6,8-9,11-14H,15H2,1-2H3,(H,30,37)(H,31,38). The van der Waals surface area contributed by atoms with Gasteiger partial charge >= 0.3 is 0 Å². The molecular weight excluding hydrogens is 641 g/mol. The van der Waals surface area contributed by atoms with Crippen molar-refractivity contribution in [2.45, 2.75) is 24.5 Å². The van der Waals surface area contributed by atoms with Crippen LogP contribution in [0.3, 0.4) is 0 Å². The number of thioether (sulfide) groups is 1. The van der Waals surface area contributed by atoms with Crippen molar-refractivity contribution < 1.29 is 14.3 Å². The van der Waals surface area contributed by atoms with E-state index in [1.54, 1.807) is 50.2 Å². The first-order chi connectivity index (χ1) is 19.0. The van der Waals surface area contributed by atoms with Crippen LogP contribution in [0.1, 0.15) is 29.8 Å². The van der Waals surface area contributed by atoms with Gasteiger partial charge in [0.1, 0.15) is 0 Å². The summed E-state index contributed by atoms with van der Waals surface area (Å²) in [5.41, 5.74) is 1.06. The van der Waals surface area contributed by atoms with Gasteiger partial charge in [-0.2, -0.15) is 9.41 Å². The van der Waals surface area contributed by atoms with Crippen LogP contribution in [-0.2, 0) is 4.79 Å². The summed E-state index contributed by atoms with van der Waals surface area (Å²) in [6, 6.07) is 13.1. The van der Waals surface area contributed by atoms with Crippen molar-refractivity contribution in [3.05, 3.63) is 91.8 Å². The van der Waals surface area contributed by atoms with Gasteiger partial charge in [-0.05, 0) is 60.7 Å². The summed E-state index contributed by atoms with van der Waals surface area (Å²) in [5.74, 6) is 5.34. The lowest BCUT2D eigenvalue weighted by atomic mass is 10.0. The van der Waals surface area contributed by atoms with E-state index in [0.717, 1.165) is 16.2 Å². The molecule has 0 aliphatic rings. The molecule has 2 N–H and O–H groups in total. The first-order valence-electron chi connectivity index (χ1n) is 11.5. The molecular formula is C26H20BrCl2N7O3S. The number of nitrogens with one attached hydrogen (secondary N) is 2. The molecule has 2 aromatic heterocycles. The van der Waals surface area contributed by atoms with Crippen LogP contribution in [0.5, 0.6) is 0 Å². The molecule has 0 saturated heterocycles. The summed E-state index contributed by atoms with van der Waals surface area (Å²) < 4.78 is 2.86. The third-order valence-electron chi connectivity index (χ3n) is 5.16. The summed E-state index contributed by atoms with van der Waals surface area (Å²) in [7, 11) is 0. The molecule has 2 aromatic carbocycles. The Hall–Kier alpha value is -3.63. The Labute approximate surface area is 252 Å². The lowest BCUT2D eigenvalue weighted by molar-refractivity contribution is -0.605. The third kappa shape index (κ3) is 7.73. The Bertz CT molecular complexity index is 1640. The number of tetrazole rings is 1. The van der Waals surface area contributed by atoms with E-state index >= 15 is 0 Å². The van der Waals surface area contributed by atoms with Gasteiger partial charge in [-0.15, -0.1) is 5.10 Å². The number of rotatable bonds is 7. The second kappa shape index (κ2) is 12.7. The molecule has 0 aliphatic carbocycles. The van der Waals surface area contributed by atoms with E-state index in [4.69, 9.17) is 23.2 Å². The van der Waals surface area contributed by atoms with Gasteiger partial charge in [0.2, 0.25) is 11.1 Å². The minimum atomic E-state index is -0.869. The Morgan fingerprint density at radius 1 is 1.12 bits per heavy atom. The minimum Gasteiger partial charge on any atom is -0.619 e. The van der Waals surface area contributed by atoms with Crippen molar-refractivity contribution in [3.63, 3.8) is 0 Å². The fourth-order valence-corrected chi connectivity index (χ4v) is 4.72. The van der Waals surface area contributed by atoms with Crippen molar-refractivity contribution in [3.8, 4) is 17.5 Å². The van der Waals surface area contributed by atoms with Crippen LogP contribution in [-0.4, -0.2) is 43.3 Å². The van der Waals surface area contributed by atoms with Gasteiger partial charge in [-0.1, -0.05) is 62.7 Å². The van der Waals surface area contributed by atoms with Crippen LogP contribution in [0, 0.1) is 17.0 Å². The summed E-state index contributed by atoms with van der Waals surface area (Å²) in [6.07, 6.45) is 2.50. The fourth-order valence-electron chi connectivity index (χ4n) is 3.26. The van der Waals surface area contributed by atoms with E-state index in [0.29, 0.717) is 42.4 Å². The van der Waals surface area contributed by atoms with E-state index < -0.39 is 5.54 Å². The highest BCUT2D eigenvalue weighted by Crippen LogP contribution is 2.28. The smallest absolute Gasteiger partial charge is 0.252 e. The highest BCUT2D eigenvalue weighted by molar-refractivity contribution is 9.10. The number of benzene rings is 2. The highest BCUT2D eigenvalue weighted by atomic mass is 79.9. The normalized spacial score (nSPS) is 10.9. The number of carbonyl (C=O) groups is 2. The van der Waals surface area contributed by atoms with Crippen LogP contribution in [0.15, 0.2) is 70.6 Å². The van der Waals surface area contributed by atoms with E-state index in [-0.39, 0.29) is 17.6 Å². The number of hydrogen-bond acceptors (Lipinski definition) is 7. The Morgan fingerprint density at radius 3 is 2.60 bits per heavy atom. The van der Waals surface area contributed by atoms with Gasteiger partial charge < -0.3 is 15.8 Å². The van der Waals surface area contributed by atoms with Gasteiger partial charge in [0.05, 0.1) is 38.3 Å². The van der Waals surface area contributed by atoms with Crippen molar-refractivity contribution in [2.24, 2.45) is 0 Å². The molecule has 0 unspecified atom stereocenters. The Morgan fingerprint density at radius 2 is 1.88 bits per heavy atom. The molecule has 2 amide bonds. The first-order valence-corrected chi connectivity index (χ1v) is 14.0. The molecule has 0 atom stereocenters. The van der Waals surface area contributed by atoms with E-state index in [1.807, 2.05) is 0 Å². The topological polar surface area (TPSA) is 129 Å². The zero-order chi connectivity index (χ0) is 28.9. The van der Waals surface area contributed by atoms with Gasteiger partial charge in [-0.25, -0.2) is 0 Å².